The van der Waals surface area contributed by atoms with Gasteiger partial charge in [0.15, 0.2) is 5.65 Å². The predicted octanol–water partition coefficient (Wildman–Crippen LogP) is 0.785. The lowest BCUT2D eigenvalue weighted by molar-refractivity contribution is -0.121. The summed E-state index contributed by atoms with van der Waals surface area (Å²) in [6.07, 6.45) is 2.46. The summed E-state index contributed by atoms with van der Waals surface area (Å²) in [5, 5.41) is 5.69. The van der Waals surface area contributed by atoms with E-state index in [0.717, 1.165) is 6.42 Å². The van der Waals surface area contributed by atoms with Crippen molar-refractivity contribution >= 4 is 24.0 Å². The molecule has 0 fully saturated rings. The highest BCUT2D eigenvalue weighted by molar-refractivity contribution is 5.85. The fraction of sp³-hybridized carbons (Fsp3) is 0.533. The molecule has 2 aromatic heterocycles. The number of hydrogen-bond acceptors (Lipinski definition) is 4. The molecule has 2 aromatic rings. The number of amides is 1. The van der Waals surface area contributed by atoms with E-state index in [1.165, 1.54) is 4.52 Å². The molecule has 7 nitrogen and oxygen atoms in total. The van der Waals surface area contributed by atoms with Crippen LogP contribution in [0.5, 0.6) is 0 Å². The first kappa shape index (κ1) is 19.2. The van der Waals surface area contributed by atoms with Crippen molar-refractivity contribution in [3.05, 3.63) is 33.9 Å². The number of H-pyrrole nitrogens is 1. The zero-order valence-electron chi connectivity index (χ0n) is 13.6. The van der Waals surface area contributed by atoms with Crippen molar-refractivity contribution in [3.63, 3.8) is 0 Å². The van der Waals surface area contributed by atoms with Gasteiger partial charge in [0.1, 0.15) is 0 Å². The number of nitrogens with zero attached hydrogens (tertiary/aromatic N) is 2. The van der Waals surface area contributed by atoms with Gasteiger partial charge in [-0.15, -0.1) is 12.4 Å². The molecule has 0 bridgehead atoms. The molecule has 128 valence electrons. The van der Waals surface area contributed by atoms with Crippen LogP contribution in [0, 0.1) is 12.8 Å². The number of nitrogens with two attached hydrogens (primary N) is 1. The number of hydrogen-bond donors (Lipinski definition) is 3. The Bertz CT molecular complexity index is 722. The van der Waals surface area contributed by atoms with Crippen LogP contribution in [-0.2, 0) is 11.2 Å². The highest BCUT2D eigenvalue weighted by atomic mass is 35.5. The second kappa shape index (κ2) is 8.12. The zero-order valence-corrected chi connectivity index (χ0v) is 14.4. The number of carbonyl (C=O) groups is 1. The molecule has 0 saturated carbocycles. The largest absolute Gasteiger partial charge is 0.352 e. The average Bonchev–Trinajstić information content (AvgIpc) is 2.90. The van der Waals surface area contributed by atoms with Gasteiger partial charge in [-0.3, -0.25) is 14.7 Å². The average molecular weight is 342 g/mol. The van der Waals surface area contributed by atoms with Gasteiger partial charge >= 0.3 is 0 Å². The van der Waals surface area contributed by atoms with Gasteiger partial charge in [-0.2, -0.15) is 0 Å². The maximum absolute atomic E-state index is 12.4. The Hall–Kier alpha value is -1.86. The van der Waals surface area contributed by atoms with Gasteiger partial charge in [0.05, 0.1) is 6.42 Å². The molecule has 0 aliphatic rings. The van der Waals surface area contributed by atoms with E-state index < -0.39 is 0 Å². The Morgan fingerprint density at radius 2 is 2.17 bits per heavy atom. The summed E-state index contributed by atoms with van der Waals surface area (Å²) < 4.78 is 1.34. The van der Waals surface area contributed by atoms with Gasteiger partial charge in [-0.1, -0.05) is 13.8 Å². The smallest absolute Gasteiger partial charge is 0.276 e. The summed E-state index contributed by atoms with van der Waals surface area (Å²) in [5.74, 6) is 0.239. The zero-order chi connectivity index (χ0) is 16.3. The number of nitrogens with one attached hydrogen (secondary N) is 2. The molecule has 2 rings (SSSR count). The second-order valence-electron chi connectivity index (χ2n) is 5.94. The van der Waals surface area contributed by atoms with E-state index in [0.29, 0.717) is 29.4 Å². The normalized spacial score (nSPS) is 12.2. The molecule has 0 saturated heterocycles. The first-order valence-electron chi connectivity index (χ1n) is 7.47. The van der Waals surface area contributed by atoms with Crippen LogP contribution in [0.1, 0.15) is 31.5 Å². The topological polar surface area (TPSA) is 105 Å². The van der Waals surface area contributed by atoms with Crippen LogP contribution >= 0.6 is 12.4 Å². The fourth-order valence-electron chi connectivity index (χ4n) is 2.53. The Labute approximate surface area is 141 Å². The molecule has 0 radical (unpaired) electrons. The molecule has 4 N–H and O–H groups in total. The SMILES string of the molecule is Cc1nc2cc[nH]n2c(=O)c1CC(=O)NC(CN)CC(C)C.Cl. The molecule has 0 spiro atoms. The van der Waals surface area contributed by atoms with Gasteiger partial charge < -0.3 is 11.1 Å². The minimum atomic E-state index is -0.240. The lowest BCUT2D eigenvalue weighted by Crippen LogP contribution is -2.42. The molecule has 1 unspecified atom stereocenters. The van der Waals surface area contributed by atoms with Crippen molar-refractivity contribution in [2.45, 2.75) is 39.7 Å². The molecule has 2 heterocycles. The number of aryl methyl sites for hydroxylation is 1. The highest BCUT2D eigenvalue weighted by Gasteiger charge is 2.17. The lowest BCUT2D eigenvalue weighted by atomic mass is 10.0. The molecule has 0 aromatic carbocycles. The van der Waals surface area contributed by atoms with Gasteiger partial charge in [-0.05, 0) is 19.3 Å². The third kappa shape index (κ3) is 4.56. The monoisotopic (exact) mass is 341 g/mol. The van der Waals surface area contributed by atoms with E-state index in [-0.39, 0.29) is 36.3 Å². The summed E-state index contributed by atoms with van der Waals surface area (Å²) in [6.45, 7) is 6.28. The Kier molecular flexibility index (Phi) is 6.78. The van der Waals surface area contributed by atoms with Crippen LogP contribution in [0.3, 0.4) is 0 Å². The molecule has 8 heteroatoms. The lowest BCUT2D eigenvalue weighted by Gasteiger charge is -2.18. The summed E-state index contributed by atoms with van der Waals surface area (Å²) in [4.78, 5) is 28.9. The third-order valence-electron chi connectivity index (χ3n) is 3.59. The van der Waals surface area contributed by atoms with Crippen LogP contribution in [0.15, 0.2) is 17.1 Å². The summed E-state index contributed by atoms with van der Waals surface area (Å²) in [5.41, 5.74) is 6.97. The van der Waals surface area contributed by atoms with Gasteiger partial charge in [0, 0.05) is 36.1 Å². The van der Waals surface area contributed by atoms with Crippen LogP contribution in [0.2, 0.25) is 0 Å². The van der Waals surface area contributed by atoms with Crippen molar-refractivity contribution < 1.29 is 4.79 Å². The van der Waals surface area contributed by atoms with Crippen molar-refractivity contribution in [1.82, 2.24) is 19.9 Å². The van der Waals surface area contributed by atoms with E-state index >= 15 is 0 Å². The van der Waals surface area contributed by atoms with Gasteiger partial charge in [0.25, 0.3) is 5.56 Å². The van der Waals surface area contributed by atoms with Crippen LogP contribution in [0.25, 0.3) is 5.65 Å². The van der Waals surface area contributed by atoms with Gasteiger partial charge in [-0.25, -0.2) is 9.50 Å². The predicted molar refractivity (Wildman–Crippen MR) is 91.9 cm³/mol. The Morgan fingerprint density at radius 3 is 2.78 bits per heavy atom. The van der Waals surface area contributed by atoms with Crippen molar-refractivity contribution in [3.8, 4) is 0 Å². The first-order valence-corrected chi connectivity index (χ1v) is 7.47. The van der Waals surface area contributed by atoms with Crippen molar-refractivity contribution in [2.75, 3.05) is 6.54 Å². The van der Waals surface area contributed by atoms with E-state index in [9.17, 15) is 9.59 Å². The minimum Gasteiger partial charge on any atom is -0.352 e. The van der Waals surface area contributed by atoms with Crippen LogP contribution in [0.4, 0.5) is 0 Å². The number of aromatic amines is 1. The number of aromatic nitrogens is 3. The summed E-state index contributed by atoms with van der Waals surface area (Å²) >= 11 is 0. The maximum atomic E-state index is 12.4. The number of halogens is 1. The highest BCUT2D eigenvalue weighted by Crippen LogP contribution is 2.06. The minimum absolute atomic E-state index is 0. The summed E-state index contributed by atoms with van der Waals surface area (Å²) in [6, 6.07) is 1.64. The van der Waals surface area contributed by atoms with Crippen LogP contribution in [-0.4, -0.2) is 33.1 Å². The number of rotatable bonds is 6. The number of carbonyl (C=O) groups excluding carboxylic acids is 1. The van der Waals surface area contributed by atoms with E-state index in [4.69, 9.17) is 5.73 Å². The molecule has 23 heavy (non-hydrogen) atoms. The summed E-state index contributed by atoms with van der Waals surface area (Å²) in [7, 11) is 0. The van der Waals surface area contributed by atoms with Crippen molar-refractivity contribution in [1.29, 1.82) is 0 Å². The van der Waals surface area contributed by atoms with Crippen LogP contribution < -0.4 is 16.6 Å². The molecule has 0 aliphatic heterocycles. The van der Waals surface area contributed by atoms with Crippen molar-refractivity contribution in [2.24, 2.45) is 11.7 Å². The molecule has 0 aliphatic carbocycles. The molecular weight excluding hydrogens is 318 g/mol. The van der Waals surface area contributed by atoms with E-state index in [2.05, 4.69) is 29.2 Å². The standard InChI is InChI=1S/C15H23N5O2.ClH/c1-9(2)6-11(8-16)19-14(21)7-12-10(3)18-13-4-5-17-20(13)15(12)22;/h4-5,9,11,17H,6-8,16H2,1-3H3,(H,19,21);1H. The first-order chi connectivity index (χ1) is 10.4. The molecule has 1 amide bonds. The quantitative estimate of drug-likeness (QED) is 0.722. The number of fused-ring (bicyclic) bond motifs is 1. The Morgan fingerprint density at radius 1 is 1.48 bits per heavy atom. The molecule has 1 atom stereocenters. The van der Waals surface area contributed by atoms with E-state index in [1.54, 1.807) is 19.2 Å². The second-order valence-corrected chi connectivity index (χ2v) is 5.94. The Balaban J connectivity index is 0.00000264. The third-order valence-corrected chi connectivity index (χ3v) is 3.59. The van der Waals surface area contributed by atoms with E-state index in [1.807, 2.05) is 0 Å². The fourth-order valence-corrected chi connectivity index (χ4v) is 2.53. The maximum Gasteiger partial charge on any atom is 0.276 e. The van der Waals surface area contributed by atoms with Gasteiger partial charge in [0.2, 0.25) is 5.91 Å². The molecular formula is C15H24ClN5O2.